The van der Waals surface area contributed by atoms with Gasteiger partial charge in [-0.15, -0.1) is 0 Å². The SMILES string of the molecule is Cc1ccc2c(c1)C(N(C)Cc1ccccc1)C(O)CO2. The van der Waals surface area contributed by atoms with Crippen LogP contribution in [0, 0.1) is 6.92 Å². The summed E-state index contributed by atoms with van der Waals surface area (Å²) < 4.78 is 5.64. The molecule has 2 aromatic rings. The zero-order valence-electron chi connectivity index (χ0n) is 12.5. The fraction of sp³-hybridized carbons (Fsp3) is 0.333. The second-order valence-corrected chi connectivity index (χ2v) is 5.77. The van der Waals surface area contributed by atoms with E-state index in [1.807, 2.05) is 30.3 Å². The minimum absolute atomic E-state index is 0.0335. The van der Waals surface area contributed by atoms with Crippen LogP contribution in [0.3, 0.4) is 0 Å². The normalized spacial score (nSPS) is 21.0. The molecule has 21 heavy (non-hydrogen) atoms. The highest BCUT2D eigenvalue weighted by Crippen LogP contribution is 2.36. The average molecular weight is 283 g/mol. The second-order valence-electron chi connectivity index (χ2n) is 5.77. The van der Waals surface area contributed by atoms with Gasteiger partial charge in [0.05, 0.1) is 6.04 Å². The van der Waals surface area contributed by atoms with Crippen LogP contribution in [-0.4, -0.2) is 29.8 Å². The molecule has 0 fully saturated rings. The summed E-state index contributed by atoms with van der Waals surface area (Å²) in [5.41, 5.74) is 3.50. The van der Waals surface area contributed by atoms with E-state index in [0.717, 1.165) is 17.9 Å². The van der Waals surface area contributed by atoms with Gasteiger partial charge in [0.15, 0.2) is 0 Å². The first kappa shape index (κ1) is 14.1. The molecule has 3 heteroatoms. The Morgan fingerprint density at radius 2 is 1.95 bits per heavy atom. The lowest BCUT2D eigenvalue weighted by molar-refractivity contribution is 0.00688. The smallest absolute Gasteiger partial charge is 0.124 e. The number of likely N-dealkylation sites (N-methyl/N-ethyl adjacent to an activating group) is 1. The van der Waals surface area contributed by atoms with Gasteiger partial charge < -0.3 is 9.84 Å². The number of aliphatic hydroxyl groups is 1. The largest absolute Gasteiger partial charge is 0.490 e. The van der Waals surface area contributed by atoms with Crippen LogP contribution >= 0.6 is 0 Å². The molecule has 110 valence electrons. The third-order valence-electron chi connectivity index (χ3n) is 4.01. The Bertz CT molecular complexity index is 612. The molecule has 0 spiro atoms. The first-order valence-electron chi connectivity index (χ1n) is 7.31. The molecule has 3 nitrogen and oxygen atoms in total. The summed E-state index contributed by atoms with van der Waals surface area (Å²) in [7, 11) is 2.05. The molecule has 0 radical (unpaired) electrons. The van der Waals surface area contributed by atoms with Crippen LogP contribution in [0.2, 0.25) is 0 Å². The standard InChI is InChI=1S/C18H21NO2/c1-13-8-9-17-15(10-13)18(16(20)12-21-17)19(2)11-14-6-4-3-5-7-14/h3-10,16,18,20H,11-12H2,1-2H3. The van der Waals surface area contributed by atoms with E-state index in [1.165, 1.54) is 11.1 Å². The first-order chi connectivity index (χ1) is 10.1. The number of aryl methyl sites for hydroxylation is 1. The summed E-state index contributed by atoms with van der Waals surface area (Å²) in [4.78, 5) is 2.20. The van der Waals surface area contributed by atoms with Crippen molar-refractivity contribution in [2.45, 2.75) is 25.6 Å². The number of rotatable bonds is 3. The van der Waals surface area contributed by atoms with Crippen LogP contribution in [0.15, 0.2) is 48.5 Å². The van der Waals surface area contributed by atoms with Crippen molar-refractivity contribution in [1.82, 2.24) is 4.90 Å². The number of ether oxygens (including phenoxy) is 1. The summed E-state index contributed by atoms with van der Waals surface area (Å²) in [5, 5.41) is 10.4. The molecular weight excluding hydrogens is 262 g/mol. The van der Waals surface area contributed by atoms with E-state index >= 15 is 0 Å². The van der Waals surface area contributed by atoms with Crippen LogP contribution < -0.4 is 4.74 Å². The van der Waals surface area contributed by atoms with Crippen molar-refractivity contribution >= 4 is 0 Å². The minimum Gasteiger partial charge on any atom is -0.490 e. The van der Waals surface area contributed by atoms with Gasteiger partial charge in [-0.2, -0.15) is 0 Å². The van der Waals surface area contributed by atoms with Crippen LogP contribution in [0.5, 0.6) is 5.75 Å². The summed E-state index contributed by atoms with van der Waals surface area (Å²) >= 11 is 0. The quantitative estimate of drug-likeness (QED) is 0.940. The van der Waals surface area contributed by atoms with Gasteiger partial charge in [0.2, 0.25) is 0 Å². The highest BCUT2D eigenvalue weighted by Gasteiger charge is 2.32. The molecule has 0 amide bonds. The van der Waals surface area contributed by atoms with Crippen LogP contribution in [0.25, 0.3) is 0 Å². The van der Waals surface area contributed by atoms with Crippen molar-refractivity contribution < 1.29 is 9.84 Å². The van der Waals surface area contributed by atoms with E-state index in [9.17, 15) is 5.11 Å². The lowest BCUT2D eigenvalue weighted by atomic mass is 9.95. The zero-order chi connectivity index (χ0) is 14.8. The van der Waals surface area contributed by atoms with Gasteiger partial charge in [-0.05, 0) is 25.6 Å². The Hall–Kier alpha value is -1.84. The third kappa shape index (κ3) is 2.94. The number of fused-ring (bicyclic) bond motifs is 1. The van der Waals surface area contributed by atoms with E-state index < -0.39 is 6.10 Å². The first-order valence-corrected chi connectivity index (χ1v) is 7.31. The molecule has 1 aliphatic heterocycles. The van der Waals surface area contributed by atoms with Gasteiger partial charge in [-0.1, -0.05) is 48.0 Å². The number of aliphatic hydroxyl groups excluding tert-OH is 1. The Morgan fingerprint density at radius 3 is 2.71 bits per heavy atom. The predicted molar refractivity (Wildman–Crippen MR) is 83.3 cm³/mol. The summed E-state index contributed by atoms with van der Waals surface area (Å²) in [6, 6.07) is 16.5. The molecule has 2 aromatic carbocycles. The van der Waals surface area contributed by atoms with E-state index in [-0.39, 0.29) is 6.04 Å². The summed E-state index contributed by atoms with van der Waals surface area (Å²) in [6.45, 7) is 3.21. The van der Waals surface area contributed by atoms with Gasteiger partial charge in [-0.3, -0.25) is 4.90 Å². The van der Waals surface area contributed by atoms with Gasteiger partial charge in [-0.25, -0.2) is 0 Å². The Morgan fingerprint density at radius 1 is 1.19 bits per heavy atom. The molecule has 2 atom stereocenters. The maximum Gasteiger partial charge on any atom is 0.124 e. The molecule has 0 bridgehead atoms. The van der Waals surface area contributed by atoms with E-state index in [2.05, 4.69) is 37.1 Å². The number of nitrogens with zero attached hydrogens (tertiary/aromatic N) is 1. The van der Waals surface area contributed by atoms with Crippen LogP contribution in [0.4, 0.5) is 0 Å². The highest BCUT2D eigenvalue weighted by atomic mass is 16.5. The van der Waals surface area contributed by atoms with Gasteiger partial charge in [0.25, 0.3) is 0 Å². The lowest BCUT2D eigenvalue weighted by Gasteiger charge is -2.37. The minimum atomic E-state index is -0.506. The van der Waals surface area contributed by atoms with Crippen LogP contribution in [-0.2, 0) is 6.54 Å². The highest BCUT2D eigenvalue weighted by molar-refractivity contribution is 5.41. The molecule has 3 rings (SSSR count). The Kier molecular flexibility index (Phi) is 3.95. The molecule has 2 unspecified atom stereocenters. The molecular formula is C18H21NO2. The monoisotopic (exact) mass is 283 g/mol. The maximum atomic E-state index is 10.4. The van der Waals surface area contributed by atoms with Crippen molar-refractivity contribution in [2.24, 2.45) is 0 Å². The molecule has 0 aliphatic carbocycles. The number of hydrogen-bond acceptors (Lipinski definition) is 3. The maximum absolute atomic E-state index is 10.4. The van der Waals surface area contributed by atoms with E-state index in [4.69, 9.17) is 4.74 Å². The summed E-state index contributed by atoms with van der Waals surface area (Å²) in [5.74, 6) is 0.885. The molecule has 0 saturated heterocycles. The van der Waals surface area contributed by atoms with Crippen molar-refractivity contribution in [3.8, 4) is 5.75 Å². The van der Waals surface area contributed by atoms with Crippen molar-refractivity contribution in [2.75, 3.05) is 13.7 Å². The summed E-state index contributed by atoms with van der Waals surface area (Å²) in [6.07, 6.45) is -0.506. The van der Waals surface area contributed by atoms with Crippen molar-refractivity contribution in [3.63, 3.8) is 0 Å². The molecule has 1 heterocycles. The molecule has 1 N–H and O–H groups in total. The topological polar surface area (TPSA) is 32.7 Å². The van der Waals surface area contributed by atoms with Crippen molar-refractivity contribution in [3.05, 3.63) is 65.2 Å². The van der Waals surface area contributed by atoms with E-state index in [0.29, 0.717) is 6.61 Å². The van der Waals surface area contributed by atoms with E-state index in [1.54, 1.807) is 0 Å². The molecule has 0 saturated carbocycles. The number of benzene rings is 2. The fourth-order valence-corrected chi connectivity index (χ4v) is 3.00. The van der Waals surface area contributed by atoms with Crippen molar-refractivity contribution in [1.29, 1.82) is 0 Å². The predicted octanol–water partition coefficient (Wildman–Crippen LogP) is 2.92. The fourth-order valence-electron chi connectivity index (χ4n) is 3.00. The third-order valence-corrected chi connectivity index (χ3v) is 4.01. The lowest BCUT2D eigenvalue weighted by Crippen LogP contribution is -2.40. The second kappa shape index (κ2) is 5.88. The van der Waals surface area contributed by atoms with Gasteiger partial charge >= 0.3 is 0 Å². The molecule has 1 aliphatic rings. The number of hydrogen-bond donors (Lipinski definition) is 1. The zero-order valence-corrected chi connectivity index (χ0v) is 12.5. The molecule has 0 aromatic heterocycles. The van der Waals surface area contributed by atoms with Gasteiger partial charge in [0, 0.05) is 12.1 Å². The Labute approximate surface area is 125 Å². The van der Waals surface area contributed by atoms with Crippen LogP contribution in [0.1, 0.15) is 22.7 Å². The Balaban J connectivity index is 1.88. The van der Waals surface area contributed by atoms with Gasteiger partial charge in [0.1, 0.15) is 18.5 Å². The average Bonchev–Trinajstić information content (AvgIpc) is 2.47.